The van der Waals surface area contributed by atoms with Gasteiger partial charge in [0.05, 0.1) is 38.5 Å². The summed E-state index contributed by atoms with van der Waals surface area (Å²) in [5.41, 5.74) is 9.47. The molecule has 0 aliphatic heterocycles. The molecular weight excluding hydrogens is 554 g/mol. The summed E-state index contributed by atoms with van der Waals surface area (Å²) in [6.07, 6.45) is 0. The Hall–Kier alpha value is -6.27. The van der Waals surface area contributed by atoms with Gasteiger partial charge in [-0.2, -0.15) is 0 Å². The van der Waals surface area contributed by atoms with E-state index in [9.17, 15) is 4.79 Å². The van der Waals surface area contributed by atoms with Crippen LogP contribution < -0.4 is 5.56 Å². The molecule has 10 rings (SSSR count). The van der Waals surface area contributed by atoms with E-state index in [0.717, 1.165) is 44.3 Å². The number of para-hydroxylation sites is 5. The molecule has 0 radical (unpaired) electrons. The van der Waals surface area contributed by atoms with Gasteiger partial charge in [0, 0.05) is 21.8 Å². The summed E-state index contributed by atoms with van der Waals surface area (Å²) in [5, 5.41) is 3.85. The van der Waals surface area contributed by atoms with Crippen molar-refractivity contribution < 1.29 is 0 Å². The van der Waals surface area contributed by atoms with Gasteiger partial charge in [0.25, 0.3) is 5.56 Å². The van der Waals surface area contributed by atoms with Gasteiger partial charge in [-0.1, -0.05) is 72.8 Å². The molecule has 4 heterocycles. The highest BCUT2D eigenvalue weighted by atomic mass is 16.1. The summed E-state index contributed by atoms with van der Waals surface area (Å²) in [5.74, 6) is 0.560. The van der Waals surface area contributed by atoms with Crippen LogP contribution in [0.15, 0.2) is 144 Å². The maximum Gasteiger partial charge on any atom is 0.268 e. The standard InChI is InChI=1S/C39H23N5O/c45-38-28-13-4-6-14-31(28)40-37-30-23-25(19-21-35(30)43-36-17-9-7-15-32(36)41-39(43)44(37)38)24-18-20-34-29(22-24)27-12-5-8-16-33(27)42(34)26-10-2-1-3-11-26/h1-23H. The number of rotatable bonds is 2. The van der Waals surface area contributed by atoms with E-state index in [0.29, 0.717) is 22.3 Å². The van der Waals surface area contributed by atoms with Crippen molar-refractivity contribution in [2.75, 3.05) is 0 Å². The highest BCUT2D eigenvalue weighted by molar-refractivity contribution is 6.11. The van der Waals surface area contributed by atoms with E-state index in [1.165, 1.54) is 16.3 Å². The van der Waals surface area contributed by atoms with E-state index in [1.807, 2.05) is 54.6 Å². The second-order valence-electron chi connectivity index (χ2n) is 11.5. The van der Waals surface area contributed by atoms with Crippen LogP contribution >= 0.6 is 0 Å². The van der Waals surface area contributed by atoms with Crippen molar-refractivity contribution >= 4 is 66.1 Å². The number of aromatic nitrogens is 5. The van der Waals surface area contributed by atoms with Crippen LogP contribution in [0.25, 0.3) is 82.9 Å². The average Bonchev–Trinajstić information content (AvgIpc) is 3.64. The summed E-state index contributed by atoms with van der Waals surface area (Å²) < 4.78 is 6.08. The molecule has 10 aromatic rings. The van der Waals surface area contributed by atoms with E-state index in [2.05, 4.69) is 93.9 Å². The van der Waals surface area contributed by atoms with E-state index in [4.69, 9.17) is 9.97 Å². The number of fused-ring (bicyclic) bond motifs is 12. The third-order valence-corrected chi connectivity index (χ3v) is 9.02. The van der Waals surface area contributed by atoms with E-state index in [-0.39, 0.29) is 5.56 Å². The molecule has 4 aromatic heterocycles. The van der Waals surface area contributed by atoms with Gasteiger partial charge < -0.3 is 4.57 Å². The monoisotopic (exact) mass is 577 g/mol. The van der Waals surface area contributed by atoms with Crippen molar-refractivity contribution in [1.29, 1.82) is 0 Å². The SMILES string of the molecule is O=c1c2ccccc2nc2c3cc(-c4ccc5c(c4)c4ccccc4n5-c4ccccc4)ccc3n3c4ccccc4nc3n12. The quantitative estimate of drug-likeness (QED) is 0.153. The third kappa shape index (κ3) is 3.30. The van der Waals surface area contributed by atoms with Gasteiger partial charge in [-0.3, -0.25) is 9.20 Å². The van der Waals surface area contributed by atoms with E-state index < -0.39 is 0 Å². The Kier molecular flexibility index (Phi) is 4.77. The second-order valence-corrected chi connectivity index (χ2v) is 11.5. The Bertz CT molecular complexity index is 2900. The number of imidazole rings is 1. The Morgan fingerprint density at radius 1 is 0.444 bits per heavy atom. The van der Waals surface area contributed by atoms with Gasteiger partial charge in [0.2, 0.25) is 5.78 Å². The molecule has 0 aliphatic carbocycles. The Labute approximate surface area is 255 Å². The lowest BCUT2D eigenvalue weighted by molar-refractivity contribution is 1.05. The molecule has 0 saturated heterocycles. The summed E-state index contributed by atoms with van der Waals surface area (Å²) in [6, 6.07) is 47.7. The molecule has 0 aliphatic rings. The normalized spacial score (nSPS) is 12.1. The third-order valence-electron chi connectivity index (χ3n) is 9.02. The first kappa shape index (κ1) is 24.2. The molecule has 0 spiro atoms. The van der Waals surface area contributed by atoms with Gasteiger partial charge in [0.15, 0.2) is 5.65 Å². The Morgan fingerprint density at radius 3 is 1.89 bits per heavy atom. The highest BCUT2D eigenvalue weighted by Gasteiger charge is 2.19. The zero-order valence-electron chi connectivity index (χ0n) is 23.9. The lowest BCUT2D eigenvalue weighted by Gasteiger charge is -2.12. The van der Waals surface area contributed by atoms with Crippen LogP contribution in [0.3, 0.4) is 0 Å². The molecule has 6 aromatic carbocycles. The summed E-state index contributed by atoms with van der Waals surface area (Å²) in [7, 11) is 0. The number of hydrogen-bond acceptors (Lipinski definition) is 3. The molecule has 0 fully saturated rings. The molecule has 0 unspecified atom stereocenters. The minimum atomic E-state index is -0.127. The minimum Gasteiger partial charge on any atom is -0.309 e. The summed E-state index contributed by atoms with van der Waals surface area (Å²) >= 11 is 0. The van der Waals surface area contributed by atoms with Crippen molar-refractivity contribution in [2.45, 2.75) is 0 Å². The Balaban J connectivity index is 1.30. The number of benzene rings is 6. The summed E-state index contributed by atoms with van der Waals surface area (Å²) in [6.45, 7) is 0. The zero-order chi connectivity index (χ0) is 29.6. The van der Waals surface area contributed by atoms with Crippen LogP contribution in [0.4, 0.5) is 0 Å². The largest absolute Gasteiger partial charge is 0.309 e. The second kappa shape index (κ2) is 8.88. The van der Waals surface area contributed by atoms with Crippen LogP contribution in [0, 0.1) is 0 Å². The predicted octanol–water partition coefficient (Wildman–Crippen LogP) is 8.57. The van der Waals surface area contributed by atoms with Gasteiger partial charge >= 0.3 is 0 Å². The summed E-state index contributed by atoms with van der Waals surface area (Å²) in [4.78, 5) is 24.0. The fourth-order valence-corrected chi connectivity index (χ4v) is 7.00. The van der Waals surface area contributed by atoms with Crippen LogP contribution in [0.2, 0.25) is 0 Å². The molecule has 0 bridgehead atoms. The smallest absolute Gasteiger partial charge is 0.268 e. The van der Waals surface area contributed by atoms with E-state index >= 15 is 0 Å². The van der Waals surface area contributed by atoms with Crippen LogP contribution in [0.5, 0.6) is 0 Å². The highest BCUT2D eigenvalue weighted by Crippen LogP contribution is 2.36. The molecule has 6 nitrogen and oxygen atoms in total. The number of nitrogens with zero attached hydrogens (tertiary/aromatic N) is 5. The van der Waals surface area contributed by atoms with Crippen molar-refractivity contribution in [3.05, 3.63) is 150 Å². The fourth-order valence-electron chi connectivity index (χ4n) is 7.00. The van der Waals surface area contributed by atoms with Crippen molar-refractivity contribution in [2.24, 2.45) is 0 Å². The van der Waals surface area contributed by atoms with Crippen LogP contribution in [-0.2, 0) is 0 Å². The lowest BCUT2D eigenvalue weighted by atomic mass is 10.0. The van der Waals surface area contributed by atoms with Crippen LogP contribution in [-0.4, -0.2) is 23.3 Å². The molecule has 0 saturated carbocycles. The van der Waals surface area contributed by atoms with E-state index in [1.54, 1.807) is 4.40 Å². The van der Waals surface area contributed by atoms with Gasteiger partial charge in [-0.15, -0.1) is 0 Å². The number of hydrogen-bond donors (Lipinski definition) is 0. The first-order chi connectivity index (χ1) is 22.2. The van der Waals surface area contributed by atoms with Crippen molar-refractivity contribution in [3.63, 3.8) is 0 Å². The minimum absolute atomic E-state index is 0.127. The first-order valence-corrected chi connectivity index (χ1v) is 15.0. The van der Waals surface area contributed by atoms with Gasteiger partial charge in [0.1, 0.15) is 0 Å². The Morgan fingerprint density at radius 2 is 1.07 bits per heavy atom. The maximum absolute atomic E-state index is 14.0. The van der Waals surface area contributed by atoms with Gasteiger partial charge in [-0.05, 0) is 77.9 Å². The molecule has 0 atom stereocenters. The topological polar surface area (TPSA) is 56.6 Å². The molecule has 210 valence electrons. The molecular formula is C39H23N5O. The maximum atomic E-state index is 14.0. The molecule has 45 heavy (non-hydrogen) atoms. The van der Waals surface area contributed by atoms with Crippen molar-refractivity contribution in [1.82, 2.24) is 23.3 Å². The van der Waals surface area contributed by atoms with Crippen LogP contribution in [0.1, 0.15) is 0 Å². The first-order valence-electron chi connectivity index (χ1n) is 15.0. The molecule has 0 amide bonds. The average molecular weight is 578 g/mol. The fraction of sp³-hybridized carbons (Fsp3) is 0. The van der Waals surface area contributed by atoms with Crippen molar-refractivity contribution in [3.8, 4) is 16.8 Å². The molecule has 6 heteroatoms. The van der Waals surface area contributed by atoms with Gasteiger partial charge in [-0.25, -0.2) is 14.4 Å². The predicted molar refractivity (Wildman–Crippen MR) is 183 cm³/mol. The zero-order valence-corrected chi connectivity index (χ0v) is 23.9. The lowest BCUT2D eigenvalue weighted by Crippen LogP contribution is -2.18. The molecule has 0 N–H and O–H groups in total.